The van der Waals surface area contributed by atoms with Crippen molar-refractivity contribution in [3.05, 3.63) is 233 Å². The number of nitrogens with zero attached hydrogens (tertiary/aromatic N) is 1. The van der Waals surface area contributed by atoms with Crippen molar-refractivity contribution >= 4 is 39.0 Å². The molecule has 2 nitrogen and oxygen atoms in total. The van der Waals surface area contributed by atoms with Crippen LogP contribution in [0, 0.1) is 0 Å². The van der Waals surface area contributed by atoms with E-state index in [1.165, 1.54) is 94.7 Å². The highest BCUT2D eigenvalue weighted by Crippen LogP contribution is 2.67. The molecular weight excluding hydrogens is 763 g/mol. The molecule has 1 unspecified atom stereocenters. The summed E-state index contributed by atoms with van der Waals surface area (Å²) in [5.74, 6) is 0. The Labute approximate surface area is 367 Å². The minimum absolute atomic E-state index is 0.160. The van der Waals surface area contributed by atoms with Crippen LogP contribution in [0.4, 0.5) is 17.1 Å². The van der Waals surface area contributed by atoms with Crippen LogP contribution >= 0.6 is 0 Å². The topological polar surface area (TPSA) is 16.4 Å². The molecule has 0 N–H and O–H groups in total. The molecule has 4 aliphatic rings. The molecule has 0 fully saturated rings. The van der Waals surface area contributed by atoms with Crippen molar-refractivity contribution in [1.82, 2.24) is 0 Å². The zero-order chi connectivity index (χ0) is 42.0. The van der Waals surface area contributed by atoms with Gasteiger partial charge in [-0.1, -0.05) is 179 Å². The lowest BCUT2D eigenvalue weighted by atomic mass is 9.70. The normalized spacial score (nSPS) is 17.2. The Balaban J connectivity index is 1.09. The molecule has 0 bridgehead atoms. The summed E-state index contributed by atoms with van der Waals surface area (Å²) in [5.41, 5.74) is 25.4. The summed E-state index contributed by atoms with van der Waals surface area (Å²) in [6.45, 7) is 9.55. The lowest BCUT2D eigenvalue weighted by Gasteiger charge is -2.36. The number of furan rings is 1. The van der Waals surface area contributed by atoms with E-state index in [-0.39, 0.29) is 10.8 Å². The average molecular weight is 806 g/mol. The second-order valence-corrected chi connectivity index (χ2v) is 19.1. The van der Waals surface area contributed by atoms with E-state index in [1.807, 2.05) is 0 Å². The van der Waals surface area contributed by atoms with Gasteiger partial charge in [0, 0.05) is 44.1 Å². The number of para-hydroxylation sites is 1. The Morgan fingerprint density at radius 3 is 1.49 bits per heavy atom. The van der Waals surface area contributed by atoms with E-state index >= 15 is 0 Å². The van der Waals surface area contributed by atoms with Gasteiger partial charge in [0.25, 0.3) is 0 Å². The molecule has 0 amide bonds. The molecule has 1 atom stereocenters. The molecule has 1 heterocycles. The third kappa shape index (κ3) is 4.24. The Bertz CT molecular complexity index is 3550. The fourth-order valence-corrected chi connectivity index (χ4v) is 12.7. The number of hydrogen-bond acceptors (Lipinski definition) is 2. The number of rotatable bonds is 3. The highest BCUT2D eigenvalue weighted by molar-refractivity contribution is 6.13. The van der Waals surface area contributed by atoms with Gasteiger partial charge in [-0.2, -0.15) is 0 Å². The van der Waals surface area contributed by atoms with Crippen LogP contribution in [0.25, 0.3) is 66.4 Å². The lowest BCUT2D eigenvalue weighted by Crippen LogP contribution is -2.28. The fourth-order valence-electron chi connectivity index (χ4n) is 12.7. The van der Waals surface area contributed by atoms with Crippen molar-refractivity contribution in [2.24, 2.45) is 0 Å². The summed E-state index contributed by atoms with van der Waals surface area (Å²) in [6, 6.07) is 70.9. The second kappa shape index (κ2) is 11.9. The highest BCUT2D eigenvalue weighted by Gasteiger charge is 2.54. The van der Waals surface area contributed by atoms with Crippen molar-refractivity contribution in [3.8, 4) is 44.5 Å². The van der Waals surface area contributed by atoms with Crippen LogP contribution in [-0.4, -0.2) is 0 Å². The first-order chi connectivity index (χ1) is 30.8. The van der Waals surface area contributed by atoms with Crippen molar-refractivity contribution in [2.75, 3.05) is 4.90 Å². The van der Waals surface area contributed by atoms with Gasteiger partial charge in [0.2, 0.25) is 0 Å². The Morgan fingerprint density at radius 1 is 0.365 bits per heavy atom. The van der Waals surface area contributed by atoms with Crippen molar-refractivity contribution in [2.45, 2.75) is 43.9 Å². The van der Waals surface area contributed by atoms with E-state index in [9.17, 15) is 0 Å². The molecule has 0 aliphatic heterocycles. The Hall–Kier alpha value is -7.42. The first kappa shape index (κ1) is 35.2. The van der Waals surface area contributed by atoms with Gasteiger partial charge in [-0.25, -0.2) is 0 Å². The summed E-state index contributed by atoms with van der Waals surface area (Å²) in [4.78, 5) is 2.59. The maximum Gasteiger partial charge on any atom is 0.143 e. The summed E-state index contributed by atoms with van der Waals surface area (Å²) >= 11 is 0. The monoisotopic (exact) mass is 805 g/mol. The molecule has 0 radical (unpaired) electrons. The van der Waals surface area contributed by atoms with E-state index in [4.69, 9.17) is 4.42 Å². The van der Waals surface area contributed by atoms with Crippen LogP contribution in [0.1, 0.15) is 72.2 Å². The first-order valence-corrected chi connectivity index (χ1v) is 22.3. The molecule has 1 spiro atoms. The standard InChI is InChI=1S/C61H43NO/c1-59(2)47-22-10-5-16-38(47)41-30-28-36(34-52(41)59)62(37-29-31-42-39-17-6-11-23-48(39)60(3,4)53(42)35-37)54-26-15-21-44-40-18-7-12-24-49(40)61(57(44)54)50-25-13-8-20-46(50)56-51(61)33-32-45-43-19-9-14-27-55(43)63-58(45)56/h5-35H,1-4H3. The van der Waals surface area contributed by atoms with E-state index < -0.39 is 5.41 Å². The van der Waals surface area contributed by atoms with Gasteiger partial charge < -0.3 is 9.32 Å². The van der Waals surface area contributed by atoms with Crippen molar-refractivity contribution in [1.29, 1.82) is 0 Å². The number of anilines is 3. The molecule has 10 aromatic rings. The molecule has 63 heavy (non-hydrogen) atoms. The predicted octanol–water partition coefficient (Wildman–Crippen LogP) is 16.0. The average Bonchev–Trinajstić information content (AvgIpc) is 4.06. The largest absolute Gasteiger partial charge is 0.455 e. The Morgan fingerprint density at radius 2 is 0.857 bits per heavy atom. The van der Waals surface area contributed by atoms with Crippen LogP contribution in [0.5, 0.6) is 0 Å². The summed E-state index contributed by atoms with van der Waals surface area (Å²) < 4.78 is 6.91. The molecule has 4 aliphatic carbocycles. The summed E-state index contributed by atoms with van der Waals surface area (Å²) in [5, 5.41) is 2.30. The van der Waals surface area contributed by atoms with Crippen molar-refractivity contribution < 1.29 is 4.42 Å². The molecule has 0 saturated carbocycles. The van der Waals surface area contributed by atoms with Crippen LogP contribution in [0.15, 0.2) is 192 Å². The van der Waals surface area contributed by atoms with Crippen LogP contribution in [0.3, 0.4) is 0 Å². The zero-order valence-corrected chi connectivity index (χ0v) is 35.8. The Kier molecular flexibility index (Phi) is 6.67. The molecule has 2 heteroatoms. The number of benzene rings is 9. The minimum Gasteiger partial charge on any atom is -0.455 e. The van der Waals surface area contributed by atoms with Gasteiger partial charge >= 0.3 is 0 Å². The van der Waals surface area contributed by atoms with Crippen LogP contribution < -0.4 is 4.90 Å². The predicted molar refractivity (Wildman–Crippen MR) is 260 cm³/mol. The molecule has 0 saturated heterocycles. The summed E-state index contributed by atoms with van der Waals surface area (Å²) in [6.07, 6.45) is 0. The molecule has 9 aromatic carbocycles. The van der Waals surface area contributed by atoms with E-state index in [0.717, 1.165) is 33.3 Å². The SMILES string of the molecule is CC1(C)c2ccccc2-c2ccc(N(c3ccc4c(c3)C(C)(C)c3ccccc3-4)c3cccc4c3C3(c5ccccc5-4)c4ccccc4-c4c3ccc3c4oc4ccccc43)cc21. The third-order valence-corrected chi connectivity index (χ3v) is 15.5. The molecule has 14 rings (SSSR count). The zero-order valence-electron chi connectivity index (χ0n) is 35.8. The van der Waals surface area contributed by atoms with Crippen molar-refractivity contribution in [3.63, 3.8) is 0 Å². The minimum atomic E-state index is -0.613. The highest BCUT2D eigenvalue weighted by atomic mass is 16.3. The van der Waals surface area contributed by atoms with Gasteiger partial charge in [-0.3, -0.25) is 0 Å². The van der Waals surface area contributed by atoms with Crippen LogP contribution in [-0.2, 0) is 16.2 Å². The summed E-state index contributed by atoms with van der Waals surface area (Å²) in [7, 11) is 0. The molecule has 1 aromatic heterocycles. The maximum absolute atomic E-state index is 6.91. The maximum atomic E-state index is 6.91. The van der Waals surface area contributed by atoms with Gasteiger partial charge in [-0.05, 0) is 114 Å². The van der Waals surface area contributed by atoms with E-state index in [0.29, 0.717) is 0 Å². The number of hydrogen-bond donors (Lipinski definition) is 0. The van der Waals surface area contributed by atoms with Gasteiger partial charge in [-0.15, -0.1) is 0 Å². The smallest absolute Gasteiger partial charge is 0.143 e. The van der Waals surface area contributed by atoms with Crippen LogP contribution in [0.2, 0.25) is 0 Å². The second-order valence-electron chi connectivity index (χ2n) is 19.1. The molecule has 298 valence electrons. The lowest BCUT2D eigenvalue weighted by molar-refractivity contribution is 0.660. The number of fused-ring (bicyclic) bond motifs is 20. The quantitative estimate of drug-likeness (QED) is 0.177. The van der Waals surface area contributed by atoms with Gasteiger partial charge in [0.15, 0.2) is 0 Å². The van der Waals surface area contributed by atoms with E-state index in [1.54, 1.807) is 0 Å². The molecular formula is C61H43NO. The third-order valence-electron chi connectivity index (χ3n) is 15.5. The first-order valence-electron chi connectivity index (χ1n) is 22.3. The van der Waals surface area contributed by atoms with Gasteiger partial charge in [0.1, 0.15) is 11.2 Å². The van der Waals surface area contributed by atoms with Gasteiger partial charge in [0.05, 0.1) is 11.1 Å². The van der Waals surface area contributed by atoms with E-state index in [2.05, 4.69) is 221 Å². The fraction of sp³-hybridized carbons (Fsp3) is 0.115.